The third-order valence-corrected chi connectivity index (χ3v) is 4.57. The second-order valence-electron chi connectivity index (χ2n) is 5.49. The predicted octanol–water partition coefficient (Wildman–Crippen LogP) is 1.55. The van der Waals surface area contributed by atoms with E-state index < -0.39 is 10.1 Å². The van der Waals surface area contributed by atoms with Gasteiger partial charge in [0.2, 0.25) is 5.91 Å². The van der Waals surface area contributed by atoms with Crippen LogP contribution in [0.1, 0.15) is 40.0 Å². The summed E-state index contributed by atoms with van der Waals surface area (Å²) in [5.41, 5.74) is 0. The molecule has 6 nitrogen and oxygen atoms in total. The molecule has 1 atom stereocenters. The molecular formula is C14H29N2O4S+. The van der Waals surface area contributed by atoms with Gasteiger partial charge in [-0.1, -0.05) is 20.4 Å². The molecule has 0 aliphatic carbocycles. The number of quaternary nitrogens is 1. The number of rotatable bonds is 11. The molecule has 0 radical (unpaired) electrons. The normalized spacial score (nSPS) is 13.7. The molecule has 0 aliphatic rings. The van der Waals surface area contributed by atoms with Crippen LogP contribution in [-0.2, 0) is 14.9 Å². The third kappa shape index (κ3) is 7.59. The Bertz CT molecular complexity index is 428. The first-order valence-corrected chi connectivity index (χ1v) is 9.03. The van der Waals surface area contributed by atoms with Gasteiger partial charge in [0, 0.05) is 6.42 Å². The van der Waals surface area contributed by atoms with Crippen molar-refractivity contribution >= 4 is 16.0 Å². The fourth-order valence-electron chi connectivity index (χ4n) is 2.66. The van der Waals surface area contributed by atoms with E-state index in [0.717, 1.165) is 25.9 Å². The van der Waals surface area contributed by atoms with Gasteiger partial charge < -0.3 is 9.80 Å². The summed E-state index contributed by atoms with van der Waals surface area (Å²) in [7, 11) is -3.96. The van der Waals surface area contributed by atoms with Crippen molar-refractivity contribution in [3.63, 3.8) is 0 Å². The molecule has 21 heavy (non-hydrogen) atoms. The van der Waals surface area contributed by atoms with Crippen molar-refractivity contribution < 1.29 is 22.2 Å². The minimum atomic E-state index is -3.96. The van der Waals surface area contributed by atoms with E-state index in [1.165, 1.54) is 6.08 Å². The van der Waals surface area contributed by atoms with Gasteiger partial charge in [-0.2, -0.15) is 8.42 Å². The average Bonchev–Trinajstić information content (AvgIpc) is 2.41. The average molecular weight is 321 g/mol. The van der Waals surface area contributed by atoms with Gasteiger partial charge in [-0.15, -0.1) is 0 Å². The maximum Gasteiger partial charge on any atom is 0.265 e. The highest BCUT2D eigenvalue weighted by molar-refractivity contribution is 7.85. The van der Waals surface area contributed by atoms with Crippen molar-refractivity contribution in [2.75, 3.05) is 25.5 Å². The number of hydrogen-bond donors (Lipinski definition) is 2. The van der Waals surface area contributed by atoms with Crippen LogP contribution in [0.4, 0.5) is 0 Å². The van der Waals surface area contributed by atoms with Crippen LogP contribution in [0.2, 0.25) is 0 Å². The van der Waals surface area contributed by atoms with Gasteiger partial charge in [0.1, 0.15) is 0 Å². The number of carbonyl (C=O) groups is 1. The molecule has 7 heteroatoms. The number of carbonyl (C=O) groups excluding carboxylic acids is 1. The van der Waals surface area contributed by atoms with Crippen molar-refractivity contribution in [3.05, 3.63) is 12.7 Å². The lowest BCUT2D eigenvalue weighted by atomic mass is 10.1. The van der Waals surface area contributed by atoms with E-state index in [-0.39, 0.29) is 17.7 Å². The van der Waals surface area contributed by atoms with Crippen LogP contribution in [0, 0.1) is 0 Å². The van der Waals surface area contributed by atoms with E-state index in [0.29, 0.717) is 17.6 Å². The van der Waals surface area contributed by atoms with Crippen LogP contribution in [0.25, 0.3) is 0 Å². The van der Waals surface area contributed by atoms with Crippen LogP contribution in [0.5, 0.6) is 0 Å². The first-order chi connectivity index (χ1) is 9.70. The molecule has 0 aromatic rings. The quantitative estimate of drug-likeness (QED) is 0.262. The number of nitrogens with zero attached hydrogens (tertiary/aromatic N) is 1. The molecule has 0 heterocycles. The van der Waals surface area contributed by atoms with E-state index in [1.807, 2.05) is 6.92 Å². The standard InChI is InChI=1S/C14H28N2O4S/c1-5-9-16(10-6-2,12-15-14(17)7-3)13(4)8-11-21(18,19)20/h7,13H,3,5-6,8-12H2,1-2,4H3,(H-,15,17,18,19,20)/p+1. The minimum absolute atomic E-state index is 0.0249. The minimum Gasteiger partial charge on any atom is -0.306 e. The zero-order valence-electron chi connectivity index (χ0n) is 13.3. The summed E-state index contributed by atoms with van der Waals surface area (Å²) < 4.78 is 31.5. The molecule has 0 aromatic heterocycles. The molecule has 0 saturated heterocycles. The first-order valence-electron chi connectivity index (χ1n) is 7.42. The summed E-state index contributed by atoms with van der Waals surface area (Å²) in [4.78, 5) is 11.4. The Labute approximate surface area is 128 Å². The Balaban J connectivity index is 5.04. The van der Waals surface area contributed by atoms with Gasteiger partial charge in [-0.05, 0) is 25.8 Å². The second-order valence-corrected chi connectivity index (χ2v) is 7.06. The molecular weight excluding hydrogens is 292 g/mol. The molecule has 1 unspecified atom stereocenters. The fourth-order valence-corrected chi connectivity index (χ4v) is 3.30. The summed E-state index contributed by atoms with van der Waals surface area (Å²) in [6.45, 7) is 11.7. The largest absolute Gasteiger partial charge is 0.306 e. The highest BCUT2D eigenvalue weighted by Crippen LogP contribution is 2.18. The summed E-state index contributed by atoms with van der Waals surface area (Å²) in [5, 5.41) is 2.82. The van der Waals surface area contributed by atoms with Crippen LogP contribution in [0.15, 0.2) is 12.7 Å². The molecule has 1 amide bonds. The zero-order valence-corrected chi connectivity index (χ0v) is 14.2. The van der Waals surface area contributed by atoms with Crippen LogP contribution < -0.4 is 5.32 Å². The smallest absolute Gasteiger partial charge is 0.265 e. The van der Waals surface area contributed by atoms with E-state index in [4.69, 9.17) is 4.55 Å². The van der Waals surface area contributed by atoms with Crippen molar-refractivity contribution in [1.82, 2.24) is 5.32 Å². The molecule has 0 rings (SSSR count). The van der Waals surface area contributed by atoms with Crippen molar-refractivity contribution in [3.8, 4) is 0 Å². The molecule has 0 aromatic carbocycles. The highest BCUT2D eigenvalue weighted by atomic mass is 32.2. The lowest BCUT2D eigenvalue weighted by Gasteiger charge is -2.43. The number of nitrogens with one attached hydrogen (secondary N) is 1. The van der Waals surface area contributed by atoms with Crippen molar-refractivity contribution in [2.45, 2.75) is 46.1 Å². The first kappa shape index (κ1) is 20.1. The summed E-state index contributed by atoms with van der Waals surface area (Å²) in [5.74, 6) is -0.483. The monoisotopic (exact) mass is 321 g/mol. The summed E-state index contributed by atoms with van der Waals surface area (Å²) >= 11 is 0. The molecule has 0 aliphatic heterocycles. The fraction of sp³-hybridized carbons (Fsp3) is 0.786. The predicted molar refractivity (Wildman–Crippen MR) is 84.3 cm³/mol. The summed E-state index contributed by atoms with van der Waals surface area (Å²) in [6.07, 6.45) is 3.46. The van der Waals surface area contributed by atoms with Gasteiger partial charge in [0.05, 0.1) is 24.9 Å². The lowest BCUT2D eigenvalue weighted by molar-refractivity contribution is -0.951. The Morgan fingerprint density at radius 1 is 1.33 bits per heavy atom. The summed E-state index contributed by atoms with van der Waals surface area (Å²) in [6, 6.07) is 0.0249. The lowest BCUT2D eigenvalue weighted by Crippen LogP contribution is -2.60. The van der Waals surface area contributed by atoms with Gasteiger partial charge >= 0.3 is 0 Å². The number of hydrogen-bond acceptors (Lipinski definition) is 3. The molecule has 0 spiro atoms. The van der Waals surface area contributed by atoms with E-state index in [1.54, 1.807) is 0 Å². The Hall–Kier alpha value is -0.920. The van der Waals surface area contributed by atoms with Crippen molar-refractivity contribution in [2.24, 2.45) is 0 Å². The second kappa shape index (κ2) is 9.17. The Morgan fingerprint density at radius 3 is 2.24 bits per heavy atom. The highest BCUT2D eigenvalue weighted by Gasteiger charge is 2.33. The molecule has 0 bridgehead atoms. The molecule has 0 fully saturated rings. The van der Waals surface area contributed by atoms with E-state index in [2.05, 4.69) is 25.7 Å². The van der Waals surface area contributed by atoms with Crippen LogP contribution >= 0.6 is 0 Å². The number of amides is 1. The maximum absolute atomic E-state index is 11.4. The van der Waals surface area contributed by atoms with Gasteiger partial charge in [-0.25, -0.2) is 0 Å². The molecule has 0 saturated carbocycles. The third-order valence-electron chi connectivity index (χ3n) is 3.82. The Morgan fingerprint density at radius 2 is 1.86 bits per heavy atom. The van der Waals surface area contributed by atoms with Gasteiger partial charge in [0.25, 0.3) is 10.1 Å². The maximum atomic E-state index is 11.4. The van der Waals surface area contributed by atoms with Crippen molar-refractivity contribution in [1.29, 1.82) is 0 Å². The van der Waals surface area contributed by atoms with E-state index >= 15 is 0 Å². The zero-order chi connectivity index (χ0) is 16.5. The van der Waals surface area contributed by atoms with Gasteiger partial charge in [-0.3, -0.25) is 9.35 Å². The molecule has 124 valence electrons. The molecule has 2 N–H and O–H groups in total. The SMILES string of the molecule is C=CC(=O)NC[N+](CCC)(CCC)C(C)CCS(=O)(=O)O. The topological polar surface area (TPSA) is 83.5 Å². The Kier molecular flexibility index (Phi) is 8.77. The van der Waals surface area contributed by atoms with Crippen LogP contribution in [0.3, 0.4) is 0 Å². The van der Waals surface area contributed by atoms with Gasteiger partial charge in [0.15, 0.2) is 6.67 Å². The van der Waals surface area contributed by atoms with Crippen LogP contribution in [-0.4, -0.2) is 54.9 Å². The van der Waals surface area contributed by atoms with E-state index in [9.17, 15) is 13.2 Å².